The molecule has 1 heterocycles. The van der Waals surface area contributed by atoms with Crippen molar-refractivity contribution >= 4 is 22.8 Å². The van der Waals surface area contributed by atoms with Crippen LogP contribution in [0.25, 0.3) is 10.9 Å². The van der Waals surface area contributed by atoms with Gasteiger partial charge in [0, 0.05) is 11.4 Å². The molecule has 6 nitrogen and oxygen atoms in total. The van der Waals surface area contributed by atoms with Gasteiger partial charge in [-0.1, -0.05) is 18.2 Å². The van der Waals surface area contributed by atoms with Crippen molar-refractivity contribution in [3.63, 3.8) is 0 Å². The van der Waals surface area contributed by atoms with E-state index in [1.54, 1.807) is 0 Å². The zero-order valence-electron chi connectivity index (χ0n) is 11.8. The number of hydrogen-bond acceptors (Lipinski definition) is 4. The van der Waals surface area contributed by atoms with E-state index in [2.05, 4.69) is 20.3 Å². The summed E-state index contributed by atoms with van der Waals surface area (Å²) in [5.41, 5.74) is 1.18. The number of aromatic nitrogens is 2. The van der Waals surface area contributed by atoms with Crippen LogP contribution >= 0.6 is 0 Å². The van der Waals surface area contributed by atoms with Gasteiger partial charge in [0.1, 0.15) is 0 Å². The quantitative estimate of drug-likeness (QED) is 0.819. The summed E-state index contributed by atoms with van der Waals surface area (Å²) in [6, 6.07) is 7.28. The Morgan fingerprint density at radius 1 is 1.43 bits per heavy atom. The number of para-hydroxylation sites is 1. The number of esters is 1. The summed E-state index contributed by atoms with van der Waals surface area (Å²) < 4.78 is 4.69. The van der Waals surface area contributed by atoms with Gasteiger partial charge >= 0.3 is 5.97 Å². The minimum absolute atomic E-state index is 0.180. The molecule has 0 spiro atoms. The van der Waals surface area contributed by atoms with Crippen molar-refractivity contribution in [2.75, 3.05) is 7.11 Å². The van der Waals surface area contributed by atoms with E-state index in [4.69, 9.17) is 0 Å². The molecule has 0 bridgehead atoms. The first-order valence-corrected chi connectivity index (χ1v) is 7.00. The summed E-state index contributed by atoms with van der Waals surface area (Å²) in [5.74, 6) is -0.203. The number of H-pyrrole nitrogens is 1. The van der Waals surface area contributed by atoms with Crippen molar-refractivity contribution in [3.05, 3.63) is 30.0 Å². The Labute approximate surface area is 121 Å². The zero-order chi connectivity index (χ0) is 14.8. The highest BCUT2D eigenvalue weighted by Gasteiger charge is 2.34. The van der Waals surface area contributed by atoms with Gasteiger partial charge in [0.15, 0.2) is 5.69 Å². The van der Waals surface area contributed by atoms with E-state index in [-0.39, 0.29) is 24.3 Å². The number of nitrogens with zero attached hydrogens (tertiary/aromatic N) is 1. The van der Waals surface area contributed by atoms with E-state index < -0.39 is 0 Å². The topological polar surface area (TPSA) is 84.1 Å². The smallest absolute Gasteiger partial charge is 0.307 e. The van der Waals surface area contributed by atoms with Gasteiger partial charge in [0.05, 0.1) is 19.0 Å². The summed E-state index contributed by atoms with van der Waals surface area (Å²) in [4.78, 5) is 23.8. The molecule has 0 aliphatic heterocycles. The fraction of sp³-hybridized carbons (Fsp3) is 0.400. The molecule has 1 aliphatic rings. The monoisotopic (exact) mass is 287 g/mol. The van der Waals surface area contributed by atoms with Crippen molar-refractivity contribution in [1.82, 2.24) is 15.5 Å². The molecule has 0 radical (unpaired) electrons. The Bertz CT molecular complexity index is 676. The van der Waals surface area contributed by atoms with Gasteiger partial charge in [0.25, 0.3) is 5.91 Å². The molecule has 1 aromatic heterocycles. The van der Waals surface area contributed by atoms with Crippen molar-refractivity contribution in [3.8, 4) is 0 Å². The van der Waals surface area contributed by atoms with Crippen LogP contribution < -0.4 is 5.32 Å². The standard InChI is InChI=1S/C15H17N3O3/c1-21-13(19)8-12(9-6-7-9)16-15(20)14-10-4-2-3-5-11(10)17-18-14/h2-5,9,12H,6-8H2,1H3,(H,16,20)(H,17,18)/t12-/m0/s1. The molecule has 0 saturated heterocycles. The number of carbonyl (C=O) groups is 2. The Morgan fingerprint density at radius 2 is 2.19 bits per heavy atom. The third-order valence-electron chi connectivity index (χ3n) is 3.81. The van der Waals surface area contributed by atoms with Crippen molar-refractivity contribution < 1.29 is 14.3 Å². The van der Waals surface area contributed by atoms with Crippen LogP contribution in [0.2, 0.25) is 0 Å². The van der Waals surface area contributed by atoms with Gasteiger partial charge in [-0.3, -0.25) is 14.7 Å². The second-order valence-corrected chi connectivity index (χ2v) is 5.32. The van der Waals surface area contributed by atoms with Gasteiger partial charge < -0.3 is 10.1 Å². The molecular formula is C15H17N3O3. The highest BCUT2D eigenvalue weighted by atomic mass is 16.5. The van der Waals surface area contributed by atoms with Gasteiger partial charge in [-0.15, -0.1) is 0 Å². The van der Waals surface area contributed by atoms with Crippen LogP contribution in [-0.4, -0.2) is 35.2 Å². The fourth-order valence-electron chi connectivity index (χ4n) is 2.47. The van der Waals surface area contributed by atoms with Gasteiger partial charge in [0.2, 0.25) is 0 Å². The maximum Gasteiger partial charge on any atom is 0.307 e. The number of rotatable bonds is 5. The normalized spacial score (nSPS) is 15.7. The number of benzene rings is 1. The first kappa shape index (κ1) is 13.6. The zero-order valence-corrected chi connectivity index (χ0v) is 11.8. The van der Waals surface area contributed by atoms with Crippen LogP contribution in [0.1, 0.15) is 29.8 Å². The largest absolute Gasteiger partial charge is 0.469 e. The molecule has 1 fully saturated rings. The average Bonchev–Trinajstić information content (AvgIpc) is 3.25. The highest BCUT2D eigenvalue weighted by Crippen LogP contribution is 2.34. The molecular weight excluding hydrogens is 270 g/mol. The van der Waals surface area contributed by atoms with Crippen LogP contribution in [0, 0.1) is 5.92 Å². The number of amides is 1. The first-order chi connectivity index (χ1) is 10.2. The second-order valence-electron chi connectivity index (χ2n) is 5.32. The third-order valence-corrected chi connectivity index (χ3v) is 3.81. The molecule has 2 aromatic rings. The summed E-state index contributed by atoms with van der Waals surface area (Å²) in [7, 11) is 1.36. The minimum atomic E-state index is -0.306. The lowest BCUT2D eigenvalue weighted by Crippen LogP contribution is -2.38. The predicted molar refractivity (Wildman–Crippen MR) is 76.7 cm³/mol. The number of hydrogen-bond donors (Lipinski definition) is 2. The number of carbonyl (C=O) groups excluding carboxylic acids is 2. The van der Waals surface area contributed by atoms with E-state index in [0.29, 0.717) is 11.6 Å². The summed E-state index contributed by atoms with van der Waals surface area (Å²) in [5, 5.41) is 10.6. The molecule has 2 N–H and O–H groups in total. The SMILES string of the molecule is COC(=O)C[C@H](NC(=O)c1n[nH]c2ccccc12)C1CC1. The van der Waals surface area contributed by atoms with Crippen molar-refractivity contribution in [1.29, 1.82) is 0 Å². The van der Waals surface area contributed by atoms with E-state index in [1.165, 1.54) is 7.11 Å². The number of nitrogens with one attached hydrogen (secondary N) is 2. The number of aromatic amines is 1. The van der Waals surface area contributed by atoms with E-state index in [0.717, 1.165) is 23.7 Å². The Kier molecular flexibility index (Phi) is 3.60. The Morgan fingerprint density at radius 3 is 2.90 bits per heavy atom. The van der Waals surface area contributed by atoms with Crippen LogP contribution in [0.3, 0.4) is 0 Å². The van der Waals surface area contributed by atoms with E-state index in [9.17, 15) is 9.59 Å². The van der Waals surface area contributed by atoms with Crippen LogP contribution in [0.5, 0.6) is 0 Å². The molecule has 1 saturated carbocycles. The summed E-state index contributed by atoms with van der Waals surface area (Å²) in [6.45, 7) is 0. The lowest BCUT2D eigenvalue weighted by Gasteiger charge is -2.16. The molecule has 1 amide bonds. The molecule has 1 atom stereocenters. The first-order valence-electron chi connectivity index (χ1n) is 7.00. The maximum absolute atomic E-state index is 12.4. The molecule has 21 heavy (non-hydrogen) atoms. The minimum Gasteiger partial charge on any atom is -0.469 e. The van der Waals surface area contributed by atoms with Crippen LogP contribution in [-0.2, 0) is 9.53 Å². The molecule has 6 heteroatoms. The Hall–Kier alpha value is -2.37. The van der Waals surface area contributed by atoms with Gasteiger partial charge in [-0.05, 0) is 24.8 Å². The maximum atomic E-state index is 12.4. The lowest BCUT2D eigenvalue weighted by molar-refractivity contribution is -0.141. The van der Waals surface area contributed by atoms with Gasteiger partial charge in [-0.25, -0.2) is 0 Å². The van der Waals surface area contributed by atoms with Gasteiger partial charge in [-0.2, -0.15) is 5.10 Å². The third kappa shape index (κ3) is 2.89. The number of fused-ring (bicyclic) bond motifs is 1. The van der Waals surface area contributed by atoms with E-state index in [1.807, 2.05) is 24.3 Å². The van der Waals surface area contributed by atoms with Crippen molar-refractivity contribution in [2.24, 2.45) is 5.92 Å². The molecule has 110 valence electrons. The van der Waals surface area contributed by atoms with Crippen LogP contribution in [0.15, 0.2) is 24.3 Å². The van der Waals surface area contributed by atoms with Crippen LogP contribution in [0.4, 0.5) is 0 Å². The summed E-state index contributed by atoms with van der Waals surface area (Å²) >= 11 is 0. The molecule has 1 aromatic carbocycles. The van der Waals surface area contributed by atoms with Crippen molar-refractivity contribution in [2.45, 2.75) is 25.3 Å². The highest BCUT2D eigenvalue weighted by molar-refractivity contribution is 6.04. The summed E-state index contributed by atoms with van der Waals surface area (Å²) in [6.07, 6.45) is 2.27. The molecule has 3 rings (SSSR count). The lowest BCUT2D eigenvalue weighted by atomic mass is 10.1. The predicted octanol–water partition coefficient (Wildman–Crippen LogP) is 1.63. The number of methoxy groups -OCH3 is 1. The number of ether oxygens (including phenoxy) is 1. The van der Waals surface area contributed by atoms with E-state index >= 15 is 0 Å². The molecule has 1 aliphatic carbocycles. The second kappa shape index (κ2) is 5.55. The Balaban J connectivity index is 1.76. The fourth-order valence-corrected chi connectivity index (χ4v) is 2.47. The molecule has 0 unspecified atom stereocenters. The average molecular weight is 287 g/mol.